The lowest BCUT2D eigenvalue weighted by molar-refractivity contribution is 0.0691. The van der Waals surface area contributed by atoms with Crippen LogP contribution in [-0.4, -0.2) is 25.9 Å². The minimum absolute atomic E-state index is 0. The Morgan fingerprint density at radius 3 is 2.78 bits per heavy atom. The molecule has 0 aliphatic carbocycles. The maximum absolute atomic E-state index is 10.9. The number of rotatable bonds is 1. The van der Waals surface area contributed by atoms with Crippen LogP contribution >= 0.6 is 11.6 Å². The highest BCUT2D eigenvalue weighted by Gasteiger charge is 2.10. The molecule has 0 aliphatic heterocycles. The van der Waals surface area contributed by atoms with Crippen molar-refractivity contribution in [2.45, 2.75) is 0 Å². The molecule has 6 heteroatoms. The summed E-state index contributed by atoms with van der Waals surface area (Å²) < 4.78 is 1.75. The lowest BCUT2D eigenvalue weighted by atomic mass is 10.2. The van der Waals surface area contributed by atoms with E-state index in [1.807, 2.05) is 18.2 Å². The number of aromatic nitrogens is 2. The quantitative estimate of drug-likeness (QED) is 0.729. The molecule has 0 aliphatic rings. The topological polar surface area (TPSA) is 86.1 Å². The van der Waals surface area contributed by atoms with Crippen LogP contribution in [-0.2, 0) is 0 Å². The maximum atomic E-state index is 10.9. The summed E-state index contributed by atoms with van der Waals surface area (Å²) in [6, 6.07) is 9.08. The van der Waals surface area contributed by atoms with E-state index < -0.39 is 5.97 Å². The summed E-state index contributed by atoms with van der Waals surface area (Å²) >= 11 is 5.91. The SMILES string of the molecule is O.O=C(O)c1cn2c(ccc3cc(Cl)ccc32)n1. The van der Waals surface area contributed by atoms with E-state index in [2.05, 4.69) is 4.98 Å². The van der Waals surface area contributed by atoms with Crippen LogP contribution < -0.4 is 0 Å². The highest BCUT2D eigenvalue weighted by molar-refractivity contribution is 6.31. The summed E-state index contributed by atoms with van der Waals surface area (Å²) in [7, 11) is 0. The van der Waals surface area contributed by atoms with E-state index >= 15 is 0 Å². The van der Waals surface area contributed by atoms with Gasteiger partial charge in [-0.05, 0) is 30.3 Å². The molecule has 0 spiro atoms. The molecule has 5 nitrogen and oxygen atoms in total. The molecular formula is C12H9ClN2O3. The molecule has 0 bridgehead atoms. The first-order valence-corrected chi connectivity index (χ1v) is 5.33. The Balaban J connectivity index is 0.00000120. The van der Waals surface area contributed by atoms with Gasteiger partial charge in [-0.3, -0.25) is 4.40 Å². The number of nitrogens with zero attached hydrogens (tertiary/aromatic N) is 2. The van der Waals surface area contributed by atoms with Crippen LogP contribution in [0.1, 0.15) is 10.5 Å². The van der Waals surface area contributed by atoms with Gasteiger partial charge in [0, 0.05) is 16.6 Å². The summed E-state index contributed by atoms with van der Waals surface area (Å²) in [4.78, 5) is 14.9. The molecule has 2 aromatic heterocycles. The summed E-state index contributed by atoms with van der Waals surface area (Å²) in [5.74, 6) is -1.03. The Bertz CT molecular complexity index is 751. The zero-order chi connectivity index (χ0) is 12.0. The van der Waals surface area contributed by atoms with Crippen LogP contribution in [0, 0.1) is 0 Å². The number of fused-ring (bicyclic) bond motifs is 3. The number of imidazole rings is 1. The highest BCUT2D eigenvalue weighted by atomic mass is 35.5. The normalized spacial score (nSPS) is 10.5. The zero-order valence-corrected chi connectivity index (χ0v) is 9.85. The summed E-state index contributed by atoms with van der Waals surface area (Å²) in [6.45, 7) is 0. The van der Waals surface area contributed by atoms with E-state index in [1.165, 1.54) is 6.20 Å². The molecule has 0 atom stereocenters. The van der Waals surface area contributed by atoms with Gasteiger partial charge in [0.25, 0.3) is 0 Å². The van der Waals surface area contributed by atoms with Crippen LogP contribution in [0.15, 0.2) is 36.5 Å². The second kappa shape index (κ2) is 4.29. The Morgan fingerprint density at radius 2 is 2.06 bits per heavy atom. The minimum Gasteiger partial charge on any atom is -0.476 e. The first kappa shape index (κ1) is 12.3. The van der Waals surface area contributed by atoms with Crippen LogP contribution in [0.3, 0.4) is 0 Å². The molecule has 0 radical (unpaired) electrons. The second-order valence-corrected chi connectivity index (χ2v) is 4.13. The lowest BCUT2D eigenvalue weighted by Gasteiger charge is -2.01. The van der Waals surface area contributed by atoms with Gasteiger partial charge in [0.2, 0.25) is 0 Å². The average molecular weight is 265 g/mol. The fourth-order valence-corrected chi connectivity index (χ4v) is 2.03. The van der Waals surface area contributed by atoms with Crippen molar-refractivity contribution in [1.29, 1.82) is 0 Å². The van der Waals surface area contributed by atoms with Gasteiger partial charge in [-0.2, -0.15) is 0 Å². The number of aromatic carboxylic acids is 1. The van der Waals surface area contributed by atoms with Crippen molar-refractivity contribution in [3.05, 3.63) is 47.2 Å². The molecule has 3 rings (SSSR count). The van der Waals surface area contributed by atoms with Crippen molar-refractivity contribution in [2.75, 3.05) is 0 Å². The first-order valence-electron chi connectivity index (χ1n) is 4.96. The molecule has 0 unspecified atom stereocenters. The summed E-state index contributed by atoms with van der Waals surface area (Å²) in [6.07, 6.45) is 1.51. The number of pyridine rings is 1. The molecular weight excluding hydrogens is 256 g/mol. The fraction of sp³-hybridized carbons (Fsp3) is 0. The van der Waals surface area contributed by atoms with Crippen LogP contribution in [0.2, 0.25) is 5.02 Å². The molecule has 3 N–H and O–H groups in total. The fourth-order valence-electron chi connectivity index (χ4n) is 1.85. The van der Waals surface area contributed by atoms with Gasteiger partial charge < -0.3 is 10.6 Å². The standard InChI is InChI=1S/C12H7ClN2O2.H2O/c13-8-2-3-10-7(5-8)1-4-11-14-9(12(16)17)6-15(10)11;/h1-6H,(H,16,17);1H2. The monoisotopic (exact) mass is 264 g/mol. The number of carbonyl (C=O) groups is 1. The Hall–Kier alpha value is -2.11. The van der Waals surface area contributed by atoms with E-state index in [0.29, 0.717) is 10.7 Å². The largest absolute Gasteiger partial charge is 0.476 e. The van der Waals surface area contributed by atoms with Crippen molar-refractivity contribution >= 4 is 34.1 Å². The molecule has 0 saturated carbocycles. The first-order chi connectivity index (χ1) is 8.15. The average Bonchev–Trinajstić information content (AvgIpc) is 2.72. The molecule has 2 heterocycles. The molecule has 0 amide bonds. The van der Waals surface area contributed by atoms with Gasteiger partial charge in [0.05, 0.1) is 5.52 Å². The van der Waals surface area contributed by atoms with E-state index in [4.69, 9.17) is 16.7 Å². The van der Waals surface area contributed by atoms with Gasteiger partial charge >= 0.3 is 5.97 Å². The van der Waals surface area contributed by atoms with Gasteiger partial charge in [-0.25, -0.2) is 9.78 Å². The Kier molecular flexibility index (Phi) is 2.94. The van der Waals surface area contributed by atoms with Gasteiger partial charge in [0.15, 0.2) is 5.69 Å². The number of carboxylic acid groups (broad SMARTS) is 1. The third kappa shape index (κ3) is 1.79. The van der Waals surface area contributed by atoms with Crippen LogP contribution in [0.5, 0.6) is 0 Å². The van der Waals surface area contributed by atoms with Crippen molar-refractivity contribution in [2.24, 2.45) is 0 Å². The van der Waals surface area contributed by atoms with Crippen molar-refractivity contribution in [1.82, 2.24) is 9.38 Å². The maximum Gasteiger partial charge on any atom is 0.356 e. The van der Waals surface area contributed by atoms with E-state index in [-0.39, 0.29) is 11.2 Å². The van der Waals surface area contributed by atoms with E-state index in [9.17, 15) is 4.79 Å². The molecule has 3 aromatic rings. The van der Waals surface area contributed by atoms with E-state index in [1.54, 1.807) is 16.5 Å². The minimum atomic E-state index is -1.03. The molecule has 1 aromatic carbocycles. The number of hydrogen-bond acceptors (Lipinski definition) is 2. The summed E-state index contributed by atoms with van der Waals surface area (Å²) in [5, 5.41) is 10.5. The molecule has 18 heavy (non-hydrogen) atoms. The van der Waals surface area contributed by atoms with Crippen molar-refractivity contribution in [3.8, 4) is 0 Å². The third-order valence-corrected chi connectivity index (χ3v) is 2.85. The highest BCUT2D eigenvalue weighted by Crippen LogP contribution is 2.21. The van der Waals surface area contributed by atoms with Gasteiger partial charge in [-0.1, -0.05) is 11.6 Å². The Morgan fingerprint density at radius 1 is 1.28 bits per heavy atom. The zero-order valence-electron chi connectivity index (χ0n) is 9.09. The van der Waals surface area contributed by atoms with Crippen LogP contribution in [0.25, 0.3) is 16.6 Å². The number of benzene rings is 1. The molecule has 92 valence electrons. The molecule has 0 saturated heterocycles. The van der Waals surface area contributed by atoms with Crippen LogP contribution in [0.4, 0.5) is 0 Å². The van der Waals surface area contributed by atoms with Crippen molar-refractivity contribution in [3.63, 3.8) is 0 Å². The number of hydrogen-bond donors (Lipinski definition) is 1. The Labute approximate surface area is 107 Å². The molecule has 0 fully saturated rings. The lowest BCUT2D eigenvalue weighted by Crippen LogP contribution is -1.94. The van der Waals surface area contributed by atoms with Gasteiger partial charge in [0.1, 0.15) is 5.65 Å². The van der Waals surface area contributed by atoms with Crippen molar-refractivity contribution < 1.29 is 15.4 Å². The third-order valence-electron chi connectivity index (χ3n) is 2.61. The van der Waals surface area contributed by atoms with Gasteiger partial charge in [-0.15, -0.1) is 0 Å². The summed E-state index contributed by atoms with van der Waals surface area (Å²) in [5.41, 5.74) is 1.52. The number of halogens is 1. The smallest absolute Gasteiger partial charge is 0.356 e. The number of carboxylic acids is 1. The predicted octanol–water partition coefficient (Wildman–Crippen LogP) is 2.01. The van der Waals surface area contributed by atoms with E-state index in [0.717, 1.165) is 10.9 Å². The predicted molar refractivity (Wildman–Crippen MR) is 68.3 cm³/mol. The second-order valence-electron chi connectivity index (χ2n) is 3.70.